The standard InChI is InChI=1S/C32H54O8/c1-7-11-13-15-26(9-3)39-23(5)37-21-19-25-17-18-29(31(33)34)30(32(35)36)28(25)20-22-38-24(6)40-27(10-4)16-14-12-8-2/h17-18,23-24,26-27H,7-16,19-22H2,1-6H3,(H,33,34)(H,35,36). The predicted octanol–water partition coefficient (Wildman–Crippen LogP) is 7.64. The summed E-state index contributed by atoms with van der Waals surface area (Å²) < 4.78 is 23.9. The maximum atomic E-state index is 12.2. The molecule has 8 nitrogen and oxygen atoms in total. The van der Waals surface area contributed by atoms with E-state index in [1.807, 2.05) is 13.8 Å². The van der Waals surface area contributed by atoms with E-state index in [1.54, 1.807) is 6.07 Å². The second kappa shape index (κ2) is 20.8. The van der Waals surface area contributed by atoms with E-state index in [2.05, 4.69) is 27.7 Å². The number of carbonyl (C=O) groups is 2. The maximum Gasteiger partial charge on any atom is 0.336 e. The fourth-order valence-corrected chi connectivity index (χ4v) is 4.90. The minimum Gasteiger partial charge on any atom is -0.478 e. The molecule has 0 bridgehead atoms. The lowest BCUT2D eigenvalue weighted by Crippen LogP contribution is -2.24. The Morgan fingerprint density at radius 2 is 1.23 bits per heavy atom. The van der Waals surface area contributed by atoms with Crippen LogP contribution in [-0.2, 0) is 31.8 Å². The quantitative estimate of drug-likeness (QED) is 0.0969. The molecule has 230 valence electrons. The van der Waals surface area contributed by atoms with E-state index in [0.29, 0.717) is 18.6 Å². The Labute approximate surface area is 241 Å². The summed E-state index contributed by atoms with van der Waals surface area (Å²) in [7, 11) is 0. The SMILES string of the molecule is CCCCCC(CC)OC(C)OCCc1ccc(C(=O)O)c(C(=O)O)c1CCOC(C)OC(CC)CCCCC. The van der Waals surface area contributed by atoms with Crippen LogP contribution in [0.4, 0.5) is 0 Å². The van der Waals surface area contributed by atoms with Crippen LogP contribution in [0.3, 0.4) is 0 Å². The monoisotopic (exact) mass is 566 g/mol. The number of ether oxygens (including phenoxy) is 4. The van der Waals surface area contributed by atoms with Gasteiger partial charge in [0, 0.05) is 0 Å². The first-order valence-corrected chi connectivity index (χ1v) is 15.3. The fraction of sp³-hybridized carbons (Fsp3) is 0.750. The number of carboxylic acids is 2. The fourth-order valence-electron chi connectivity index (χ4n) is 4.90. The van der Waals surface area contributed by atoms with E-state index >= 15 is 0 Å². The molecule has 0 radical (unpaired) electrons. The molecule has 0 spiro atoms. The van der Waals surface area contributed by atoms with Crippen molar-refractivity contribution in [2.45, 2.75) is 143 Å². The zero-order valence-electron chi connectivity index (χ0n) is 25.7. The van der Waals surface area contributed by atoms with Crippen molar-refractivity contribution in [3.8, 4) is 0 Å². The van der Waals surface area contributed by atoms with Gasteiger partial charge in [0.25, 0.3) is 0 Å². The van der Waals surface area contributed by atoms with Gasteiger partial charge in [0.1, 0.15) is 0 Å². The first-order valence-electron chi connectivity index (χ1n) is 15.3. The number of carboxylic acid groups (broad SMARTS) is 2. The largest absolute Gasteiger partial charge is 0.478 e. The Bertz CT molecular complexity index is 856. The lowest BCUT2D eigenvalue weighted by atomic mass is 9.92. The van der Waals surface area contributed by atoms with Crippen molar-refractivity contribution in [2.75, 3.05) is 13.2 Å². The Morgan fingerprint density at radius 3 is 1.65 bits per heavy atom. The van der Waals surface area contributed by atoms with Crippen molar-refractivity contribution < 1.29 is 38.7 Å². The molecule has 2 N–H and O–H groups in total. The molecule has 1 aromatic carbocycles. The first kappa shape index (κ1) is 36.0. The van der Waals surface area contributed by atoms with Crippen LogP contribution in [0.1, 0.15) is 138 Å². The van der Waals surface area contributed by atoms with Crippen LogP contribution in [0.25, 0.3) is 0 Å². The minimum atomic E-state index is -1.27. The summed E-state index contributed by atoms with van der Waals surface area (Å²) >= 11 is 0. The van der Waals surface area contributed by atoms with Crippen LogP contribution in [-0.4, -0.2) is 60.2 Å². The van der Waals surface area contributed by atoms with Crippen molar-refractivity contribution >= 4 is 11.9 Å². The van der Waals surface area contributed by atoms with E-state index in [9.17, 15) is 19.8 Å². The van der Waals surface area contributed by atoms with Gasteiger partial charge in [-0.3, -0.25) is 0 Å². The van der Waals surface area contributed by atoms with Gasteiger partial charge in [-0.1, -0.05) is 72.3 Å². The number of hydrogen-bond donors (Lipinski definition) is 2. The second-order valence-corrected chi connectivity index (χ2v) is 10.4. The highest BCUT2D eigenvalue weighted by atomic mass is 16.7. The van der Waals surface area contributed by atoms with Crippen LogP contribution in [0.2, 0.25) is 0 Å². The van der Waals surface area contributed by atoms with Gasteiger partial charge in [-0.25, -0.2) is 9.59 Å². The lowest BCUT2D eigenvalue weighted by molar-refractivity contribution is -0.162. The average Bonchev–Trinajstić information content (AvgIpc) is 2.92. The van der Waals surface area contributed by atoms with Gasteiger partial charge in [-0.05, 0) is 69.6 Å². The van der Waals surface area contributed by atoms with Crippen LogP contribution < -0.4 is 0 Å². The molecule has 0 amide bonds. The van der Waals surface area contributed by atoms with Crippen LogP contribution in [0.5, 0.6) is 0 Å². The van der Waals surface area contributed by atoms with Crippen molar-refractivity contribution in [1.29, 1.82) is 0 Å². The smallest absolute Gasteiger partial charge is 0.336 e. The summed E-state index contributed by atoms with van der Waals surface area (Å²) in [5.41, 5.74) is 0.762. The van der Waals surface area contributed by atoms with Crippen molar-refractivity contribution in [2.24, 2.45) is 0 Å². The highest BCUT2D eigenvalue weighted by Crippen LogP contribution is 2.23. The summed E-state index contributed by atoms with van der Waals surface area (Å²) in [4.78, 5) is 24.0. The number of unbranched alkanes of at least 4 members (excludes halogenated alkanes) is 4. The van der Waals surface area contributed by atoms with Gasteiger partial charge in [-0.15, -0.1) is 0 Å². The third-order valence-electron chi connectivity index (χ3n) is 7.22. The molecule has 0 fully saturated rings. The Morgan fingerprint density at radius 1 is 0.725 bits per heavy atom. The molecule has 4 atom stereocenters. The molecule has 0 saturated heterocycles. The van der Waals surface area contributed by atoms with E-state index in [1.165, 1.54) is 25.3 Å². The molecule has 0 aliphatic rings. The number of rotatable bonds is 24. The molecule has 0 heterocycles. The predicted molar refractivity (Wildman–Crippen MR) is 157 cm³/mol. The van der Waals surface area contributed by atoms with Gasteiger partial charge in [0.2, 0.25) is 0 Å². The average molecular weight is 567 g/mol. The van der Waals surface area contributed by atoms with Crippen LogP contribution in [0.15, 0.2) is 12.1 Å². The van der Waals surface area contributed by atoms with Crippen molar-refractivity contribution in [1.82, 2.24) is 0 Å². The Balaban J connectivity index is 2.87. The van der Waals surface area contributed by atoms with E-state index < -0.39 is 24.5 Å². The zero-order chi connectivity index (χ0) is 29.9. The van der Waals surface area contributed by atoms with E-state index in [0.717, 1.165) is 50.5 Å². The molecule has 8 heteroatoms. The highest BCUT2D eigenvalue weighted by Gasteiger charge is 2.23. The van der Waals surface area contributed by atoms with Crippen molar-refractivity contribution in [3.05, 3.63) is 34.4 Å². The lowest BCUT2D eigenvalue weighted by Gasteiger charge is -2.23. The van der Waals surface area contributed by atoms with E-state index in [4.69, 9.17) is 18.9 Å². The number of benzene rings is 1. The minimum absolute atomic E-state index is 0.113. The molecule has 0 aliphatic carbocycles. The summed E-state index contributed by atoms with van der Waals surface area (Å²) in [6.07, 6.45) is 10.8. The molecule has 40 heavy (non-hydrogen) atoms. The maximum absolute atomic E-state index is 12.2. The first-order chi connectivity index (χ1) is 19.2. The van der Waals surface area contributed by atoms with Crippen LogP contribution >= 0.6 is 0 Å². The molecule has 4 unspecified atom stereocenters. The number of aromatic carboxylic acids is 2. The summed E-state index contributed by atoms with van der Waals surface area (Å²) in [5.74, 6) is -2.54. The summed E-state index contributed by atoms with van der Waals surface area (Å²) in [6, 6.07) is 3.04. The summed E-state index contributed by atoms with van der Waals surface area (Å²) in [6.45, 7) is 12.8. The van der Waals surface area contributed by atoms with Gasteiger partial charge >= 0.3 is 11.9 Å². The normalized spacial score (nSPS) is 14.6. The topological polar surface area (TPSA) is 112 Å². The second-order valence-electron chi connectivity index (χ2n) is 10.4. The third kappa shape index (κ3) is 13.6. The van der Waals surface area contributed by atoms with Gasteiger partial charge in [0.15, 0.2) is 12.6 Å². The molecular weight excluding hydrogens is 512 g/mol. The zero-order valence-corrected chi connectivity index (χ0v) is 25.7. The molecule has 0 aromatic heterocycles. The Kier molecular flexibility index (Phi) is 18.7. The Hall–Kier alpha value is -2.00. The van der Waals surface area contributed by atoms with Gasteiger partial charge < -0.3 is 29.2 Å². The van der Waals surface area contributed by atoms with Crippen LogP contribution in [0, 0.1) is 0 Å². The molecule has 1 aromatic rings. The highest BCUT2D eigenvalue weighted by molar-refractivity contribution is 6.03. The molecular formula is C32H54O8. The molecule has 1 rings (SSSR count). The van der Waals surface area contributed by atoms with Gasteiger partial charge in [-0.2, -0.15) is 0 Å². The molecule has 0 saturated carbocycles. The molecule has 0 aliphatic heterocycles. The third-order valence-corrected chi connectivity index (χ3v) is 7.22. The van der Waals surface area contributed by atoms with Gasteiger partial charge in [0.05, 0.1) is 36.5 Å². The number of hydrogen-bond acceptors (Lipinski definition) is 6. The van der Waals surface area contributed by atoms with Crippen molar-refractivity contribution in [3.63, 3.8) is 0 Å². The summed E-state index contributed by atoms with van der Waals surface area (Å²) in [5, 5.41) is 19.6. The van der Waals surface area contributed by atoms with E-state index in [-0.39, 0.29) is 36.4 Å².